The molecule has 0 saturated heterocycles. The maximum absolute atomic E-state index is 14.3. The van der Waals surface area contributed by atoms with E-state index in [1.54, 1.807) is 18.2 Å². The van der Waals surface area contributed by atoms with E-state index in [9.17, 15) is 13.6 Å². The van der Waals surface area contributed by atoms with E-state index in [-0.39, 0.29) is 29.4 Å². The van der Waals surface area contributed by atoms with Gasteiger partial charge in [-0.25, -0.2) is 8.78 Å². The summed E-state index contributed by atoms with van der Waals surface area (Å²) >= 11 is 7.25. The lowest BCUT2D eigenvalue weighted by Gasteiger charge is -2.36. The van der Waals surface area contributed by atoms with E-state index >= 15 is 0 Å². The normalized spacial score (nSPS) is 24.4. The predicted molar refractivity (Wildman–Crippen MR) is 176 cm³/mol. The molecule has 0 N–H and O–H groups in total. The summed E-state index contributed by atoms with van der Waals surface area (Å²) in [6, 6.07) is 17.0. The van der Waals surface area contributed by atoms with Gasteiger partial charge >= 0.3 is 0 Å². The molecular formula is C36H36Br2F2O3. The number of carbonyl (C=O) groups excluding carboxylic acids is 1. The second-order valence-electron chi connectivity index (χ2n) is 12.5. The average molecular weight is 714 g/mol. The van der Waals surface area contributed by atoms with Crippen molar-refractivity contribution in [3.8, 4) is 11.5 Å². The van der Waals surface area contributed by atoms with Gasteiger partial charge in [0.15, 0.2) is 6.29 Å². The zero-order valence-electron chi connectivity index (χ0n) is 24.4. The second-order valence-corrected chi connectivity index (χ2v) is 14.2. The number of fused-ring (bicyclic) bond motifs is 2. The third-order valence-corrected chi connectivity index (χ3v) is 10.7. The summed E-state index contributed by atoms with van der Waals surface area (Å²) in [5.74, 6) is 2.12. The Balaban J connectivity index is 1.30. The lowest BCUT2D eigenvalue weighted by molar-refractivity contribution is 0.106. The minimum atomic E-state index is -2.65. The van der Waals surface area contributed by atoms with E-state index in [2.05, 4.69) is 57.8 Å². The molecule has 0 bridgehead atoms. The first-order chi connectivity index (χ1) is 20.7. The number of hydrogen-bond acceptors (Lipinski definition) is 3. The van der Waals surface area contributed by atoms with Gasteiger partial charge in [-0.15, -0.1) is 0 Å². The second kappa shape index (κ2) is 12.8. The summed E-state index contributed by atoms with van der Waals surface area (Å²) in [6.45, 7) is 4.52. The van der Waals surface area contributed by atoms with Crippen molar-refractivity contribution >= 4 is 59.7 Å². The molecular weight excluding hydrogens is 678 g/mol. The molecule has 226 valence electrons. The quantitative estimate of drug-likeness (QED) is 0.179. The number of hydrogen-bond donors (Lipinski definition) is 0. The summed E-state index contributed by atoms with van der Waals surface area (Å²) in [6.07, 6.45) is 4.89. The lowest BCUT2D eigenvalue weighted by atomic mass is 9.75. The number of halogens is 4. The first-order valence-corrected chi connectivity index (χ1v) is 16.8. The van der Waals surface area contributed by atoms with Crippen LogP contribution in [0.25, 0.3) is 21.5 Å². The minimum absolute atomic E-state index is 0.0531. The molecule has 0 aromatic heterocycles. The van der Waals surface area contributed by atoms with Crippen LogP contribution in [-0.4, -0.2) is 18.5 Å². The highest BCUT2D eigenvalue weighted by Gasteiger charge is 2.33. The third-order valence-electron chi connectivity index (χ3n) is 9.56. The van der Waals surface area contributed by atoms with Crippen molar-refractivity contribution in [2.24, 2.45) is 11.8 Å². The summed E-state index contributed by atoms with van der Waals surface area (Å²) in [4.78, 5) is 12.5. The highest BCUT2D eigenvalue weighted by molar-refractivity contribution is 9.10. The van der Waals surface area contributed by atoms with Gasteiger partial charge in [0, 0.05) is 8.95 Å². The Morgan fingerprint density at radius 1 is 0.791 bits per heavy atom. The van der Waals surface area contributed by atoms with E-state index in [4.69, 9.17) is 9.47 Å². The molecule has 2 fully saturated rings. The fourth-order valence-corrected chi connectivity index (χ4v) is 8.07. The van der Waals surface area contributed by atoms with E-state index in [0.717, 1.165) is 81.4 Å². The summed E-state index contributed by atoms with van der Waals surface area (Å²) in [5.41, 5.74) is 1.64. The Labute approximate surface area is 268 Å². The lowest BCUT2D eigenvalue weighted by Crippen LogP contribution is -2.29. The average Bonchev–Trinajstić information content (AvgIpc) is 2.98. The van der Waals surface area contributed by atoms with Crippen LogP contribution < -0.4 is 9.47 Å². The maximum Gasteiger partial charge on any atom is 0.268 e. The van der Waals surface area contributed by atoms with E-state index in [1.165, 1.54) is 0 Å². The molecule has 43 heavy (non-hydrogen) atoms. The first kappa shape index (κ1) is 30.5. The van der Waals surface area contributed by atoms with Crippen molar-refractivity contribution in [2.45, 2.75) is 83.3 Å². The zero-order chi connectivity index (χ0) is 30.2. The van der Waals surface area contributed by atoms with Crippen molar-refractivity contribution in [2.75, 3.05) is 0 Å². The fraction of sp³-hybridized carbons (Fsp3) is 0.417. The molecule has 0 amide bonds. The number of rotatable bonds is 7. The molecule has 2 aliphatic carbocycles. The van der Waals surface area contributed by atoms with Crippen LogP contribution in [0.5, 0.6) is 11.5 Å². The van der Waals surface area contributed by atoms with E-state index in [1.807, 2.05) is 24.3 Å². The highest BCUT2D eigenvalue weighted by Crippen LogP contribution is 2.45. The highest BCUT2D eigenvalue weighted by atomic mass is 79.9. The molecule has 6 rings (SSSR count). The van der Waals surface area contributed by atoms with Crippen molar-refractivity contribution in [3.05, 3.63) is 80.2 Å². The van der Waals surface area contributed by atoms with Crippen LogP contribution in [0, 0.1) is 11.8 Å². The molecule has 4 aromatic carbocycles. The van der Waals surface area contributed by atoms with Gasteiger partial charge in [-0.2, -0.15) is 0 Å². The molecule has 2 saturated carbocycles. The largest absolute Gasteiger partial charge is 0.490 e. The zero-order valence-corrected chi connectivity index (χ0v) is 27.6. The molecule has 0 aliphatic heterocycles. The Bertz CT molecular complexity index is 1650. The molecule has 3 atom stereocenters. The van der Waals surface area contributed by atoms with Crippen LogP contribution in [0.3, 0.4) is 0 Å². The summed E-state index contributed by atoms with van der Waals surface area (Å²) in [5, 5.41) is 3.12. The van der Waals surface area contributed by atoms with E-state index < -0.39 is 6.43 Å². The van der Waals surface area contributed by atoms with Crippen LogP contribution in [-0.2, 0) is 0 Å². The number of ether oxygens (including phenoxy) is 2. The Morgan fingerprint density at radius 2 is 1.47 bits per heavy atom. The van der Waals surface area contributed by atoms with Gasteiger partial charge in [0.2, 0.25) is 0 Å². The van der Waals surface area contributed by atoms with E-state index in [0.29, 0.717) is 29.0 Å². The summed E-state index contributed by atoms with van der Waals surface area (Å²) < 4.78 is 43.3. The van der Waals surface area contributed by atoms with Crippen molar-refractivity contribution in [3.63, 3.8) is 0 Å². The standard InChI is InChI=1S/C36H36Br2F2O3/c1-20-3-9-25(10-4-20)42-33-13-6-23-16-32(38)30(18-29(23)31(33)19-41)28-17-26(11-5-21(28)2)43-34-14-7-22-15-24(37)8-12-27(22)35(34)36(39)40/h6-8,12-16,18-21,25-26,28,36H,3-5,9-11,17H2,1-2H3/t20?,21-,25?,26+,28+/m0/s1. The monoisotopic (exact) mass is 712 g/mol. The van der Waals surface area contributed by atoms with Gasteiger partial charge in [-0.1, -0.05) is 63.9 Å². The molecule has 2 aliphatic rings. The van der Waals surface area contributed by atoms with Crippen molar-refractivity contribution in [1.82, 2.24) is 0 Å². The van der Waals surface area contributed by atoms with Crippen LogP contribution in [0.1, 0.15) is 92.6 Å². The predicted octanol–water partition coefficient (Wildman–Crippen LogP) is 11.6. The molecule has 4 aromatic rings. The van der Waals surface area contributed by atoms with Gasteiger partial charge < -0.3 is 9.47 Å². The van der Waals surface area contributed by atoms with Gasteiger partial charge in [0.1, 0.15) is 11.5 Å². The Morgan fingerprint density at radius 3 is 2.19 bits per heavy atom. The molecule has 0 spiro atoms. The van der Waals surface area contributed by atoms with Crippen molar-refractivity contribution < 1.29 is 23.0 Å². The van der Waals surface area contributed by atoms with Gasteiger partial charge in [-0.3, -0.25) is 4.79 Å². The summed E-state index contributed by atoms with van der Waals surface area (Å²) in [7, 11) is 0. The van der Waals surface area contributed by atoms with Gasteiger partial charge in [-0.05, 0) is 126 Å². The van der Waals surface area contributed by atoms with Crippen LogP contribution in [0.4, 0.5) is 8.78 Å². The molecule has 3 nitrogen and oxygen atoms in total. The third kappa shape index (κ3) is 6.35. The number of aldehydes is 1. The Hall–Kier alpha value is -2.51. The fourth-order valence-electron chi connectivity index (χ4n) is 7.04. The SMILES string of the molecule is CC1CCC(Oc2ccc3cc(Br)c([C@@H]4C[C@H](Oc5ccc6cc(Br)ccc6c5C(F)F)CC[C@@H]4C)cc3c2C=O)CC1. The van der Waals surface area contributed by atoms with Crippen LogP contribution >= 0.6 is 31.9 Å². The Kier molecular flexibility index (Phi) is 9.11. The van der Waals surface area contributed by atoms with Gasteiger partial charge in [0.25, 0.3) is 6.43 Å². The first-order valence-electron chi connectivity index (χ1n) is 15.3. The van der Waals surface area contributed by atoms with Gasteiger partial charge in [0.05, 0.1) is 23.3 Å². The molecule has 0 unspecified atom stereocenters. The number of alkyl halides is 2. The minimum Gasteiger partial charge on any atom is -0.490 e. The number of carbonyl (C=O) groups is 1. The smallest absolute Gasteiger partial charge is 0.268 e. The topological polar surface area (TPSA) is 35.5 Å². The maximum atomic E-state index is 14.3. The molecule has 0 radical (unpaired) electrons. The molecule has 7 heteroatoms. The number of benzene rings is 4. The van der Waals surface area contributed by atoms with Crippen LogP contribution in [0.15, 0.2) is 63.5 Å². The molecule has 0 heterocycles. The van der Waals surface area contributed by atoms with Crippen LogP contribution in [0.2, 0.25) is 0 Å². The van der Waals surface area contributed by atoms with Crippen molar-refractivity contribution in [1.29, 1.82) is 0 Å².